The number of carbonyl (C=O) groups excluding carboxylic acids is 2. The molecule has 0 aliphatic rings. The molecule has 1 amide bonds. The van der Waals surface area contributed by atoms with Crippen LogP contribution in [-0.2, 0) is 29.2 Å². The Hall–Kier alpha value is -4.29. The molecule has 38 heavy (non-hydrogen) atoms. The molecule has 0 bridgehead atoms. The topological polar surface area (TPSA) is 73.9 Å². The van der Waals surface area contributed by atoms with Crippen LogP contribution >= 0.6 is 11.6 Å². The van der Waals surface area contributed by atoms with E-state index in [-0.39, 0.29) is 12.3 Å². The summed E-state index contributed by atoms with van der Waals surface area (Å²) in [5.41, 5.74) is 3.20. The van der Waals surface area contributed by atoms with Crippen molar-refractivity contribution in [1.82, 2.24) is 5.32 Å². The van der Waals surface area contributed by atoms with E-state index >= 15 is 0 Å². The highest BCUT2D eigenvalue weighted by Crippen LogP contribution is 2.20. The predicted octanol–water partition coefficient (Wildman–Crippen LogP) is 6.01. The molecule has 194 valence electrons. The Morgan fingerprint density at radius 1 is 0.737 bits per heavy atom. The van der Waals surface area contributed by atoms with E-state index in [2.05, 4.69) is 5.32 Å². The minimum Gasteiger partial charge on any atom is -0.489 e. The van der Waals surface area contributed by atoms with E-state index in [0.717, 1.165) is 16.7 Å². The van der Waals surface area contributed by atoms with Crippen molar-refractivity contribution in [3.63, 3.8) is 0 Å². The number of esters is 1. The standard InChI is InChI=1S/C31H28ClNO5/c1-36-31(35)29(19-22-11-15-26(16-12-22)37-20-23-7-3-2-4-8-23)33-30(34)24-13-17-27(18-14-24)38-21-25-9-5-6-10-28(25)32/h2-18,29H,19-21H2,1H3,(H,33,34). The van der Waals surface area contributed by atoms with Gasteiger partial charge in [0.25, 0.3) is 5.91 Å². The molecule has 7 heteroatoms. The maximum atomic E-state index is 12.9. The largest absolute Gasteiger partial charge is 0.489 e. The zero-order valence-corrected chi connectivity index (χ0v) is 21.7. The summed E-state index contributed by atoms with van der Waals surface area (Å²) in [5.74, 6) is 0.400. The highest BCUT2D eigenvalue weighted by molar-refractivity contribution is 6.31. The van der Waals surface area contributed by atoms with Gasteiger partial charge in [-0.2, -0.15) is 0 Å². The van der Waals surface area contributed by atoms with Crippen LogP contribution in [0.5, 0.6) is 11.5 Å². The van der Waals surface area contributed by atoms with Crippen molar-refractivity contribution >= 4 is 23.5 Å². The first-order chi connectivity index (χ1) is 18.5. The number of rotatable bonds is 11. The Bertz CT molecular complexity index is 1340. The van der Waals surface area contributed by atoms with Gasteiger partial charge >= 0.3 is 5.97 Å². The molecule has 0 saturated heterocycles. The number of hydrogen-bond donors (Lipinski definition) is 1. The number of ether oxygens (including phenoxy) is 3. The summed E-state index contributed by atoms with van der Waals surface area (Å²) in [6.07, 6.45) is 0.274. The first kappa shape index (κ1) is 26.8. The van der Waals surface area contributed by atoms with E-state index in [0.29, 0.717) is 35.3 Å². The number of amides is 1. The summed E-state index contributed by atoms with van der Waals surface area (Å²) >= 11 is 6.17. The van der Waals surface area contributed by atoms with Crippen LogP contribution in [0.25, 0.3) is 0 Å². The van der Waals surface area contributed by atoms with Crippen LogP contribution in [-0.4, -0.2) is 25.0 Å². The number of carbonyl (C=O) groups is 2. The molecule has 1 unspecified atom stereocenters. The van der Waals surface area contributed by atoms with Gasteiger partial charge in [0, 0.05) is 22.6 Å². The van der Waals surface area contributed by atoms with Gasteiger partial charge in [0.05, 0.1) is 7.11 Å². The highest BCUT2D eigenvalue weighted by Gasteiger charge is 2.23. The van der Waals surface area contributed by atoms with Gasteiger partial charge in [-0.05, 0) is 53.6 Å². The zero-order chi connectivity index (χ0) is 26.7. The SMILES string of the molecule is COC(=O)C(Cc1ccc(OCc2ccccc2)cc1)NC(=O)c1ccc(OCc2ccccc2Cl)cc1. The molecule has 4 rings (SSSR count). The molecule has 0 heterocycles. The second kappa shape index (κ2) is 13.3. The lowest BCUT2D eigenvalue weighted by molar-refractivity contribution is -0.142. The molecule has 1 N–H and O–H groups in total. The molecule has 1 atom stereocenters. The van der Waals surface area contributed by atoms with Gasteiger partial charge in [-0.3, -0.25) is 4.79 Å². The van der Waals surface area contributed by atoms with E-state index in [9.17, 15) is 9.59 Å². The van der Waals surface area contributed by atoms with E-state index < -0.39 is 12.0 Å². The van der Waals surface area contributed by atoms with Gasteiger partial charge in [-0.15, -0.1) is 0 Å². The number of methoxy groups -OCH3 is 1. The van der Waals surface area contributed by atoms with Crippen LogP contribution in [0.4, 0.5) is 0 Å². The van der Waals surface area contributed by atoms with Gasteiger partial charge in [-0.25, -0.2) is 4.79 Å². The van der Waals surface area contributed by atoms with Gasteiger partial charge < -0.3 is 19.5 Å². The van der Waals surface area contributed by atoms with Crippen molar-refractivity contribution in [2.75, 3.05) is 7.11 Å². The summed E-state index contributed by atoms with van der Waals surface area (Å²) < 4.78 is 16.5. The molecule has 6 nitrogen and oxygen atoms in total. The molecule has 0 saturated carbocycles. The maximum absolute atomic E-state index is 12.9. The molecule has 0 spiro atoms. The average Bonchev–Trinajstić information content (AvgIpc) is 2.96. The lowest BCUT2D eigenvalue weighted by Crippen LogP contribution is -2.43. The summed E-state index contributed by atoms with van der Waals surface area (Å²) in [6, 6.07) is 30.6. The third kappa shape index (κ3) is 7.60. The molecular formula is C31H28ClNO5. The van der Waals surface area contributed by atoms with Gasteiger partial charge in [-0.1, -0.05) is 72.3 Å². The lowest BCUT2D eigenvalue weighted by atomic mass is 10.0. The fraction of sp³-hybridized carbons (Fsp3) is 0.161. The molecule has 0 aliphatic carbocycles. The second-order valence-corrected chi connectivity index (χ2v) is 8.98. The zero-order valence-electron chi connectivity index (χ0n) is 20.9. The van der Waals surface area contributed by atoms with Crippen LogP contribution in [0, 0.1) is 0 Å². The summed E-state index contributed by atoms with van der Waals surface area (Å²) in [5, 5.41) is 3.41. The van der Waals surface area contributed by atoms with Crippen LogP contribution in [0.2, 0.25) is 5.02 Å². The number of hydrogen-bond acceptors (Lipinski definition) is 5. The highest BCUT2D eigenvalue weighted by atomic mass is 35.5. The second-order valence-electron chi connectivity index (χ2n) is 8.58. The monoisotopic (exact) mass is 529 g/mol. The van der Waals surface area contributed by atoms with Crippen molar-refractivity contribution in [2.45, 2.75) is 25.7 Å². The first-order valence-electron chi connectivity index (χ1n) is 12.1. The van der Waals surface area contributed by atoms with E-state index in [4.69, 9.17) is 25.8 Å². The fourth-order valence-electron chi connectivity index (χ4n) is 3.75. The average molecular weight is 530 g/mol. The molecule has 0 radical (unpaired) electrons. The van der Waals surface area contributed by atoms with Crippen molar-refractivity contribution in [1.29, 1.82) is 0 Å². The fourth-order valence-corrected chi connectivity index (χ4v) is 3.94. The third-order valence-electron chi connectivity index (χ3n) is 5.87. The van der Waals surface area contributed by atoms with Crippen LogP contribution in [0.3, 0.4) is 0 Å². The Morgan fingerprint density at radius 2 is 1.34 bits per heavy atom. The third-order valence-corrected chi connectivity index (χ3v) is 6.24. The summed E-state index contributed by atoms with van der Waals surface area (Å²) in [4.78, 5) is 25.3. The smallest absolute Gasteiger partial charge is 0.328 e. The maximum Gasteiger partial charge on any atom is 0.328 e. The Kier molecular flexibility index (Phi) is 9.37. The van der Waals surface area contributed by atoms with E-state index in [1.165, 1.54) is 7.11 Å². The molecule has 0 fully saturated rings. The van der Waals surface area contributed by atoms with Crippen molar-refractivity contribution < 1.29 is 23.8 Å². The van der Waals surface area contributed by atoms with Crippen LogP contribution in [0.15, 0.2) is 103 Å². The number of nitrogens with one attached hydrogen (secondary N) is 1. The summed E-state index contributed by atoms with van der Waals surface area (Å²) in [6.45, 7) is 0.774. The van der Waals surface area contributed by atoms with E-state index in [1.54, 1.807) is 30.3 Å². The van der Waals surface area contributed by atoms with Gasteiger partial charge in [0.15, 0.2) is 0 Å². The van der Waals surface area contributed by atoms with Gasteiger partial charge in [0.2, 0.25) is 0 Å². The Morgan fingerprint density at radius 3 is 2.00 bits per heavy atom. The van der Waals surface area contributed by atoms with Crippen molar-refractivity contribution in [3.8, 4) is 11.5 Å². The normalized spacial score (nSPS) is 11.3. The number of halogens is 1. The predicted molar refractivity (Wildman–Crippen MR) is 146 cm³/mol. The van der Waals surface area contributed by atoms with Crippen molar-refractivity contribution in [2.24, 2.45) is 0 Å². The Balaban J connectivity index is 1.33. The van der Waals surface area contributed by atoms with Gasteiger partial charge in [0.1, 0.15) is 30.8 Å². The van der Waals surface area contributed by atoms with Crippen LogP contribution < -0.4 is 14.8 Å². The lowest BCUT2D eigenvalue weighted by Gasteiger charge is -2.17. The molecule has 4 aromatic carbocycles. The first-order valence-corrected chi connectivity index (χ1v) is 12.5. The molecule has 0 aliphatic heterocycles. The minimum atomic E-state index is -0.847. The van der Waals surface area contributed by atoms with Crippen LogP contribution in [0.1, 0.15) is 27.0 Å². The quantitative estimate of drug-likeness (QED) is 0.241. The molecule has 0 aromatic heterocycles. The minimum absolute atomic E-state index is 0.274. The number of benzene rings is 4. The summed E-state index contributed by atoms with van der Waals surface area (Å²) in [7, 11) is 1.30. The molecule has 4 aromatic rings. The van der Waals surface area contributed by atoms with E-state index in [1.807, 2.05) is 72.8 Å². The molecular weight excluding hydrogens is 502 g/mol. The Labute approximate surface area is 227 Å². The van der Waals surface area contributed by atoms with Crippen molar-refractivity contribution in [3.05, 3.63) is 130 Å².